The normalized spacial score (nSPS) is 10.2. The molecule has 1 nitrogen and oxygen atoms in total. The molecule has 2 rings (SSSR count). The lowest BCUT2D eigenvalue weighted by Crippen LogP contribution is -1.84. The van der Waals surface area contributed by atoms with Crippen molar-refractivity contribution < 1.29 is 5.11 Å². The highest BCUT2D eigenvalue weighted by Crippen LogP contribution is 2.26. The van der Waals surface area contributed by atoms with E-state index in [1.54, 1.807) is 0 Å². The van der Waals surface area contributed by atoms with Crippen LogP contribution in [-0.4, -0.2) is 5.11 Å². The Labute approximate surface area is 81.3 Å². The Balaban J connectivity index is 2.20. The van der Waals surface area contributed by atoms with Crippen LogP contribution in [-0.2, 0) is 6.42 Å². The molecule has 0 aliphatic heterocycles. The second-order valence-electron chi connectivity index (χ2n) is 2.91. The van der Waals surface area contributed by atoms with Gasteiger partial charge in [-0.15, -0.1) is 11.3 Å². The van der Waals surface area contributed by atoms with Gasteiger partial charge < -0.3 is 5.11 Å². The zero-order valence-corrected chi connectivity index (χ0v) is 7.92. The lowest BCUT2D eigenvalue weighted by Gasteiger charge is -1.98. The van der Waals surface area contributed by atoms with Gasteiger partial charge in [0.05, 0.1) is 0 Å². The molecule has 1 aromatic heterocycles. The molecular formula is C11H10OS. The van der Waals surface area contributed by atoms with E-state index in [0.29, 0.717) is 5.06 Å². The first-order valence-corrected chi connectivity index (χ1v) is 5.03. The SMILES string of the molecule is Oc1sccc1Cc1ccccc1. The predicted octanol–water partition coefficient (Wildman–Crippen LogP) is 3.04. The highest BCUT2D eigenvalue weighted by atomic mass is 32.1. The average Bonchev–Trinajstić information content (AvgIpc) is 2.54. The van der Waals surface area contributed by atoms with Crippen molar-refractivity contribution in [3.63, 3.8) is 0 Å². The maximum Gasteiger partial charge on any atom is 0.174 e. The lowest BCUT2D eigenvalue weighted by molar-refractivity contribution is 0.485. The standard InChI is InChI=1S/C11H10OS/c12-11-10(6-7-13-11)8-9-4-2-1-3-5-9/h1-7,12H,8H2. The van der Waals surface area contributed by atoms with Crippen LogP contribution in [0.25, 0.3) is 0 Å². The van der Waals surface area contributed by atoms with Gasteiger partial charge >= 0.3 is 0 Å². The molecule has 0 bridgehead atoms. The third kappa shape index (κ3) is 1.90. The molecule has 1 aromatic carbocycles. The van der Waals surface area contributed by atoms with Crippen molar-refractivity contribution in [1.29, 1.82) is 0 Å². The highest BCUT2D eigenvalue weighted by molar-refractivity contribution is 7.11. The van der Waals surface area contributed by atoms with Gasteiger partial charge in [0.15, 0.2) is 5.06 Å². The molecule has 0 saturated carbocycles. The molecule has 1 N–H and O–H groups in total. The summed E-state index contributed by atoms with van der Waals surface area (Å²) in [5.74, 6) is 0. The predicted molar refractivity (Wildman–Crippen MR) is 55.2 cm³/mol. The topological polar surface area (TPSA) is 20.2 Å². The molecule has 0 unspecified atom stereocenters. The van der Waals surface area contributed by atoms with Crippen molar-refractivity contribution in [2.75, 3.05) is 0 Å². The summed E-state index contributed by atoms with van der Waals surface area (Å²) >= 11 is 1.38. The van der Waals surface area contributed by atoms with Crippen molar-refractivity contribution in [3.05, 3.63) is 52.9 Å². The average molecular weight is 190 g/mol. The number of hydrogen-bond donors (Lipinski definition) is 1. The highest BCUT2D eigenvalue weighted by Gasteiger charge is 2.02. The summed E-state index contributed by atoms with van der Waals surface area (Å²) in [6.07, 6.45) is 0.816. The van der Waals surface area contributed by atoms with Crippen molar-refractivity contribution in [3.8, 4) is 5.06 Å². The van der Waals surface area contributed by atoms with Gasteiger partial charge in [-0.05, 0) is 17.0 Å². The first kappa shape index (κ1) is 8.32. The van der Waals surface area contributed by atoms with E-state index in [0.717, 1.165) is 12.0 Å². The fourth-order valence-electron chi connectivity index (χ4n) is 1.28. The molecule has 2 heteroatoms. The summed E-state index contributed by atoms with van der Waals surface area (Å²) in [5.41, 5.74) is 2.24. The Hall–Kier alpha value is -1.28. The largest absolute Gasteiger partial charge is 0.499 e. The third-order valence-corrected chi connectivity index (χ3v) is 2.72. The molecule has 13 heavy (non-hydrogen) atoms. The summed E-state index contributed by atoms with van der Waals surface area (Å²) in [6.45, 7) is 0. The van der Waals surface area contributed by atoms with E-state index < -0.39 is 0 Å². The van der Waals surface area contributed by atoms with Crippen molar-refractivity contribution in [2.45, 2.75) is 6.42 Å². The maximum atomic E-state index is 9.43. The van der Waals surface area contributed by atoms with Crippen LogP contribution in [0.15, 0.2) is 41.8 Å². The first-order chi connectivity index (χ1) is 6.36. The molecule has 2 aromatic rings. The molecule has 0 aliphatic rings. The fraction of sp³-hybridized carbons (Fsp3) is 0.0909. The van der Waals surface area contributed by atoms with Crippen LogP contribution in [0.4, 0.5) is 0 Å². The Morgan fingerprint density at radius 3 is 2.46 bits per heavy atom. The van der Waals surface area contributed by atoms with Crippen LogP contribution in [0.3, 0.4) is 0 Å². The van der Waals surface area contributed by atoms with Gasteiger partial charge in [0.25, 0.3) is 0 Å². The van der Waals surface area contributed by atoms with Crippen LogP contribution in [0.5, 0.6) is 5.06 Å². The summed E-state index contributed by atoms with van der Waals surface area (Å²) in [7, 11) is 0. The van der Waals surface area contributed by atoms with Crippen molar-refractivity contribution in [1.82, 2.24) is 0 Å². The second-order valence-corrected chi connectivity index (χ2v) is 3.81. The van der Waals surface area contributed by atoms with Gasteiger partial charge in [-0.1, -0.05) is 30.3 Å². The van der Waals surface area contributed by atoms with E-state index in [2.05, 4.69) is 12.1 Å². The summed E-state index contributed by atoms with van der Waals surface area (Å²) in [4.78, 5) is 0. The van der Waals surface area contributed by atoms with E-state index in [1.165, 1.54) is 16.9 Å². The molecular weight excluding hydrogens is 180 g/mol. The Bertz CT molecular complexity index is 378. The van der Waals surface area contributed by atoms with E-state index in [-0.39, 0.29) is 0 Å². The molecule has 0 spiro atoms. The number of benzene rings is 1. The van der Waals surface area contributed by atoms with Gasteiger partial charge in [0, 0.05) is 12.0 Å². The smallest absolute Gasteiger partial charge is 0.174 e. The van der Waals surface area contributed by atoms with Crippen LogP contribution in [0.1, 0.15) is 11.1 Å². The number of thiophene rings is 1. The van der Waals surface area contributed by atoms with Crippen LogP contribution in [0, 0.1) is 0 Å². The minimum atomic E-state index is 0.434. The molecule has 1 heterocycles. The maximum absolute atomic E-state index is 9.43. The summed E-state index contributed by atoms with van der Waals surface area (Å²) in [5, 5.41) is 11.8. The van der Waals surface area contributed by atoms with Gasteiger partial charge in [-0.3, -0.25) is 0 Å². The van der Waals surface area contributed by atoms with Gasteiger partial charge in [0.2, 0.25) is 0 Å². The van der Waals surface area contributed by atoms with Crippen molar-refractivity contribution in [2.24, 2.45) is 0 Å². The Morgan fingerprint density at radius 2 is 1.85 bits per heavy atom. The van der Waals surface area contributed by atoms with E-state index >= 15 is 0 Å². The number of hydrogen-bond acceptors (Lipinski definition) is 2. The molecule has 0 fully saturated rings. The van der Waals surface area contributed by atoms with Crippen LogP contribution in [0.2, 0.25) is 0 Å². The number of aromatic hydroxyl groups is 1. The molecule has 0 amide bonds. The molecule has 0 atom stereocenters. The molecule has 0 aliphatic carbocycles. The Morgan fingerprint density at radius 1 is 1.08 bits per heavy atom. The molecule has 0 saturated heterocycles. The first-order valence-electron chi connectivity index (χ1n) is 4.15. The molecule has 0 radical (unpaired) electrons. The van der Waals surface area contributed by atoms with Gasteiger partial charge in [-0.25, -0.2) is 0 Å². The van der Waals surface area contributed by atoms with Crippen molar-refractivity contribution >= 4 is 11.3 Å². The number of rotatable bonds is 2. The lowest BCUT2D eigenvalue weighted by atomic mass is 10.1. The van der Waals surface area contributed by atoms with E-state index in [4.69, 9.17) is 0 Å². The van der Waals surface area contributed by atoms with Gasteiger partial charge in [0.1, 0.15) is 0 Å². The van der Waals surface area contributed by atoms with E-state index in [9.17, 15) is 5.11 Å². The monoisotopic (exact) mass is 190 g/mol. The fourth-order valence-corrected chi connectivity index (χ4v) is 1.93. The minimum absolute atomic E-state index is 0.434. The zero-order chi connectivity index (χ0) is 9.10. The summed E-state index contributed by atoms with van der Waals surface area (Å²) < 4.78 is 0. The quantitative estimate of drug-likeness (QED) is 0.771. The second kappa shape index (κ2) is 3.62. The van der Waals surface area contributed by atoms with Crippen LogP contribution < -0.4 is 0 Å². The Kier molecular flexibility index (Phi) is 2.32. The van der Waals surface area contributed by atoms with Crippen LogP contribution >= 0.6 is 11.3 Å². The summed E-state index contributed by atoms with van der Waals surface area (Å²) in [6, 6.07) is 12.1. The minimum Gasteiger partial charge on any atom is -0.499 e. The third-order valence-electron chi connectivity index (χ3n) is 1.96. The van der Waals surface area contributed by atoms with E-state index in [1.807, 2.05) is 29.6 Å². The van der Waals surface area contributed by atoms with Gasteiger partial charge in [-0.2, -0.15) is 0 Å². The zero-order valence-electron chi connectivity index (χ0n) is 7.10. The molecule has 66 valence electrons.